The van der Waals surface area contributed by atoms with Gasteiger partial charge in [0.2, 0.25) is 5.95 Å². The van der Waals surface area contributed by atoms with Crippen LogP contribution in [0.1, 0.15) is 0 Å². The molecule has 0 aliphatic rings. The predicted molar refractivity (Wildman–Crippen MR) is 103 cm³/mol. The van der Waals surface area contributed by atoms with Crippen LogP contribution >= 0.6 is 15.9 Å². The fourth-order valence-electron chi connectivity index (χ4n) is 2.34. The van der Waals surface area contributed by atoms with Crippen LogP contribution < -0.4 is 4.72 Å². The monoisotopic (exact) mass is 417 g/mol. The third kappa shape index (κ3) is 4.00. The van der Waals surface area contributed by atoms with Crippen LogP contribution in [0, 0.1) is 0 Å². The van der Waals surface area contributed by atoms with E-state index in [9.17, 15) is 8.42 Å². The number of anilines is 1. The number of sulfonamides is 1. The molecule has 0 saturated heterocycles. The molecule has 1 heterocycles. The molecule has 2 aromatic carbocycles. The van der Waals surface area contributed by atoms with Crippen LogP contribution in [0.25, 0.3) is 11.3 Å². The Bertz CT molecular complexity index is 998. The summed E-state index contributed by atoms with van der Waals surface area (Å²) in [6, 6.07) is 16.1. The van der Waals surface area contributed by atoms with Gasteiger partial charge in [0.1, 0.15) is 0 Å². The van der Waals surface area contributed by atoms with Crippen LogP contribution in [0.2, 0.25) is 0 Å². The number of nitrogens with one attached hydrogen (secondary N) is 1. The highest BCUT2D eigenvalue weighted by Gasteiger charge is 2.18. The van der Waals surface area contributed by atoms with Crippen LogP contribution in [0.5, 0.6) is 0 Å². The maximum atomic E-state index is 12.6. The Kier molecular flexibility index (Phi) is 5.06. The molecular formula is C18H16BrN3O2S. The van der Waals surface area contributed by atoms with Gasteiger partial charge in [-0.2, -0.15) is 0 Å². The number of benzene rings is 2. The number of nitrogens with zero attached hydrogens (tertiary/aromatic N) is 2. The molecule has 0 fully saturated rings. The molecule has 1 aromatic heterocycles. The molecule has 0 unspecified atom stereocenters. The van der Waals surface area contributed by atoms with Crippen molar-refractivity contribution in [2.24, 2.45) is 0 Å². The lowest BCUT2D eigenvalue weighted by molar-refractivity contribution is 0.600. The lowest BCUT2D eigenvalue weighted by Crippen LogP contribution is -2.16. The Labute approximate surface area is 155 Å². The number of imidazole rings is 1. The summed E-state index contributed by atoms with van der Waals surface area (Å²) < 4.78 is 30.3. The fourth-order valence-corrected chi connectivity index (χ4v) is 3.95. The van der Waals surface area contributed by atoms with Crippen molar-refractivity contribution in [2.45, 2.75) is 11.4 Å². The van der Waals surface area contributed by atoms with Crippen molar-refractivity contribution in [1.29, 1.82) is 0 Å². The summed E-state index contributed by atoms with van der Waals surface area (Å²) in [5, 5.41) is 0. The van der Waals surface area contributed by atoms with Gasteiger partial charge in [0.15, 0.2) is 0 Å². The van der Waals surface area contributed by atoms with E-state index in [4.69, 9.17) is 0 Å². The predicted octanol–water partition coefficient (Wildman–Crippen LogP) is 4.30. The number of hydrogen-bond donors (Lipinski definition) is 1. The second-order valence-corrected chi connectivity index (χ2v) is 7.92. The number of rotatable bonds is 6. The van der Waals surface area contributed by atoms with Crippen LogP contribution in [0.15, 0.2) is 82.8 Å². The number of hydrogen-bond acceptors (Lipinski definition) is 3. The molecule has 0 amide bonds. The zero-order valence-electron chi connectivity index (χ0n) is 13.3. The normalized spacial score (nSPS) is 11.2. The van der Waals surface area contributed by atoms with E-state index in [0.29, 0.717) is 16.7 Å². The van der Waals surface area contributed by atoms with Gasteiger partial charge in [0.25, 0.3) is 10.0 Å². The highest BCUT2D eigenvalue weighted by atomic mass is 79.9. The Hall–Kier alpha value is -2.38. The van der Waals surface area contributed by atoms with Crippen molar-refractivity contribution in [3.8, 4) is 11.3 Å². The molecule has 0 radical (unpaired) electrons. The van der Waals surface area contributed by atoms with Gasteiger partial charge in [0.05, 0.1) is 10.6 Å². The minimum atomic E-state index is -3.74. The Morgan fingerprint density at radius 1 is 1.16 bits per heavy atom. The molecule has 5 nitrogen and oxygen atoms in total. The SMILES string of the molecule is C=CCn1cc(-c2ccccc2)nc1NS(=O)(=O)c1cccc(Br)c1. The van der Waals surface area contributed by atoms with E-state index in [1.165, 1.54) is 6.07 Å². The van der Waals surface area contributed by atoms with Crippen molar-refractivity contribution in [3.63, 3.8) is 0 Å². The second-order valence-electron chi connectivity index (χ2n) is 5.32. The summed E-state index contributed by atoms with van der Waals surface area (Å²) >= 11 is 3.29. The first-order valence-electron chi connectivity index (χ1n) is 7.51. The van der Waals surface area contributed by atoms with E-state index in [0.717, 1.165) is 5.56 Å². The first-order chi connectivity index (χ1) is 12.0. The summed E-state index contributed by atoms with van der Waals surface area (Å²) in [6.07, 6.45) is 3.49. The molecule has 3 rings (SSSR count). The Morgan fingerprint density at radius 2 is 1.92 bits per heavy atom. The molecular weight excluding hydrogens is 402 g/mol. The molecule has 128 valence electrons. The molecule has 25 heavy (non-hydrogen) atoms. The summed E-state index contributed by atoms with van der Waals surface area (Å²) in [5.41, 5.74) is 1.60. The molecule has 0 atom stereocenters. The lowest BCUT2D eigenvalue weighted by atomic mass is 10.2. The van der Waals surface area contributed by atoms with E-state index in [-0.39, 0.29) is 10.8 Å². The molecule has 0 aliphatic carbocycles. The number of allylic oxidation sites excluding steroid dienone is 1. The average molecular weight is 418 g/mol. The maximum Gasteiger partial charge on any atom is 0.264 e. The van der Waals surface area contributed by atoms with Gasteiger partial charge in [-0.3, -0.25) is 0 Å². The zero-order chi connectivity index (χ0) is 17.9. The van der Waals surface area contributed by atoms with Crippen LogP contribution in [-0.4, -0.2) is 18.0 Å². The molecule has 7 heteroatoms. The summed E-state index contributed by atoms with van der Waals surface area (Å²) in [6.45, 7) is 4.15. The van der Waals surface area contributed by atoms with Crippen molar-refractivity contribution < 1.29 is 8.42 Å². The van der Waals surface area contributed by atoms with E-state index >= 15 is 0 Å². The molecule has 0 spiro atoms. The summed E-state index contributed by atoms with van der Waals surface area (Å²) in [7, 11) is -3.74. The first kappa shape index (κ1) is 17.4. The Morgan fingerprint density at radius 3 is 2.60 bits per heavy atom. The smallest absolute Gasteiger partial charge is 0.264 e. The van der Waals surface area contributed by atoms with Crippen LogP contribution in [0.3, 0.4) is 0 Å². The van der Waals surface area contributed by atoms with E-state index < -0.39 is 10.0 Å². The highest BCUT2D eigenvalue weighted by Crippen LogP contribution is 2.24. The van der Waals surface area contributed by atoms with Gasteiger partial charge >= 0.3 is 0 Å². The maximum absolute atomic E-state index is 12.6. The van der Waals surface area contributed by atoms with Gasteiger partial charge in [-0.25, -0.2) is 18.1 Å². The van der Waals surface area contributed by atoms with Crippen molar-refractivity contribution >= 4 is 31.9 Å². The van der Waals surface area contributed by atoms with E-state index in [1.807, 2.05) is 30.3 Å². The zero-order valence-corrected chi connectivity index (χ0v) is 15.7. The Balaban J connectivity index is 1.99. The quantitative estimate of drug-likeness (QED) is 0.608. The summed E-state index contributed by atoms with van der Waals surface area (Å²) in [5.74, 6) is 0.249. The molecule has 3 aromatic rings. The standard InChI is InChI=1S/C18H16BrN3O2S/c1-2-11-22-13-17(14-7-4-3-5-8-14)20-18(22)21-25(23,24)16-10-6-9-15(19)12-16/h2-10,12-13H,1,11H2,(H,20,21). The van der Waals surface area contributed by atoms with E-state index in [1.54, 1.807) is 35.0 Å². The van der Waals surface area contributed by atoms with Crippen molar-refractivity contribution in [2.75, 3.05) is 4.72 Å². The van der Waals surface area contributed by atoms with Crippen molar-refractivity contribution in [1.82, 2.24) is 9.55 Å². The van der Waals surface area contributed by atoms with Gasteiger partial charge < -0.3 is 4.57 Å². The topological polar surface area (TPSA) is 64.0 Å². The largest absolute Gasteiger partial charge is 0.312 e. The highest BCUT2D eigenvalue weighted by molar-refractivity contribution is 9.10. The molecule has 0 saturated carbocycles. The van der Waals surface area contributed by atoms with Crippen molar-refractivity contribution in [3.05, 3.63) is 77.9 Å². The minimum absolute atomic E-state index is 0.163. The number of halogens is 1. The third-order valence-corrected chi connectivity index (χ3v) is 5.32. The van der Waals surface area contributed by atoms with Gasteiger partial charge in [-0.1, -0.05) is 58.4 Å². The minimum Gasteiger partial charge on any atom is -0.312 e. The number of aromatic nitrogens is 2. The average Bonchev–Trinajstić information content (AvgIpc) is 2.98. The van der Waals surface area contributed by atoms with Crippen LogP contribution in [-0.2, 0) is 16.6 Å². The molecule has 1 N–H and O–H groups in total. The lowest BCUT2D eigenvalue weighted by Gasteiger charge is -2.09. The van der Waals surface area contributed by atoms with E-state index in [2.05, 4.69) is 32.2 Å². The fraction of sp³-hybridized carbons (Fsp3) is 0.0556. The second kappa shape index (κ2) is 7.25. The summed E-state index contributed by atoms with van der Waals surface area (Å²) in [4.78, 5) is 4.61. The van der Waals surface area contributed by atoms with Gasteiger partial charge in [-0.15, -0.1) is 6.58 Å². The third-order valence-electron chi connectivity index (χ3n) is 3.50. The van der Waals surface area contributed by atoms with Gasteiger partial charge in [-0.05, 0) is 18.2 Å². The first-order valence-corrected chi connectivity index (χ1v) is 9.79. The van der Waals surface area contributed by atoms with Crippen LogP contribution in [0.4, 0.5) is 5.95 Å². The molecule has 0 bridgehead atoms. The molecule has 0 aliphatic heterocycles. The van der Waals surface area contributed by atoms with Gasteiger partial charge in [0, 0.05) is 22.8 Å².